The van der Waals surface area contributed by atoms with E-state index in [1.807, 2.05) is 0 Å². The molecule has 15 heavy (non-hydrogen) atoms. The number of rotatable bonds is 3. The standard InChI is InChI=1S/C9H10O5S/c1-7-3-2-4-8(5-7)14-9(10)6-15(11,12)13/h2-5H,6H2,1H3,(H,11,12,13). The summed E-state index contributed by atoms with van der Waals surface area (Å²) in [4.78, 5) is 11.0. The average molecular weight is 230 g/mol. The van der Waals surface area contributed by atoms with E-state index in [0.29, 0.717) is 0 Å². The molecular formula is C9H10O5S. The van der Waals surface area contributed by atoms with Gasteiger partial charge in [0.15, 0.2) is 5.75 Å². The summed E-state index contributed by atoms with van der Waals surface area (Å²) in [6.07, 6.45) is 0. The van der Waals surface area contributed by atoms with E-state index in [0.717, 1.165) is 5.56 Å². The molecule has 1 rings (SSSR count). The van der Waals surface area contributed by atoms with Crippen LogP contribution in [0.1, 0.15) is 5.56 Å². The van der Waals surface area contributed by atoms with Crippen LogP contribution < -0.4 is 4.74 Å². The minimum Gasteiger partial charge on any atom is -0.426 e. The molecule has 1 aromatic rings. The van der Waals surface area contributed by atoms with Crippen LogP contribution in [-0.2, 0) is 14.9 Å². The van der Waals surface area contributed by atoms with E-state index in [4.69, 9.17) is 9.29 Å². The van der Waals surface area contributed by atoms with Gasteiger partial charge in [-0.15, -0.1) is 0 Å². The largest absolute Gasteiger partial charge is 0.426 e. The van der Waals surface area contributed by atoms with Crippen molar-refractivity contribution in [1.82, 2.24) is 0 Å². The van der Waals surface area contributed by atoms with Crippen molar-refractivity contribution in [3.05, 3.63) is 29.8 Å². The molecule has 1 aromatic carbocycles. The van der Waals surface area contributed by atoms with E-state index in [1.165, 1.54) is 6.07 Å². The fraction of sp³-hybridized carbons (Fsp3) is 0.222. The van der Waals surface area contributed by atoms with Crippen molar-refractivity contribution in [2.75, 3.05) is 5.75 Å². The number of carbonyl (C=O) groups is 1. The second kappa shape index (κ2) is 4.41. The molecule has 0 spiro atoms. The van der Waals surface area contributed by atoms with Crippen LogP contribution in [0.15, 0.2) is 24.3 Å². The van der Waals surface area contributed by atoms with Crippen molar-refractivity contribution < 1.29 is 22.5 Å². The quantitative estimate of drug-likeness (QED) is 0.471. The van der Waals surface area contributed by atoms with Crippen LogP contribution >= 0.6 is 0 Å². The van der Waals surface area contributed by atoms with Gasteiger partial charge in [-0.3, -0.25) is 9.35 Å². The minimum absolute atomic E-state index is 0.253. The van der Waals surface area contributed by atoms with Gasteiger partial charge < -0.3 is 4.74 Å². The zero-order valence-corrected chi connectivity index (χ0v) is 8.82. The molecule has 0 unspecified atom stereocenters. The van der Waals surface area contributed by atoms with Gasteiger partial charge in [0.2, 0.25) is 0 Å². The number of benzene rings is 1. The molecule has 0 atom stereocenters. The number of esters is 1. The molecule has 0 aliphatic heterocycles. The first-order chi connectivity index (χ1) is 6.87. The highest BCUT2D eigenvalue weighted by molar-refractivity contribution is 7.86. The summed E-state index contributed by atoms with van der Waals surface area (Å²) < 4.78 is 33.8. The van der Waals surface area contributed by atoms with Crippen LogP contribution in [-0.4, -0.2) is 24.7 Å². The van der Waals surface area contributed by atoms with Crippen LogP contribution in [0.4, 0.5) is 0 Å². The molecule has 5 nitrogen and oxygen atoms in total. The second-order valence-electron chi connectivity index (χ2n) is 3.02. The molecule has 82 valence electrons. The molecule has 0 radical (unpaired) electrons. The van der Waals surface area contributed by atoms with E-state index >= 15 is 0 Å². The summed E-state index contributed by atoms with van der Waals surface area (Å²) in [6, 6.07) is 6.59. The first-order valence-electron chi connectivity index (χ1n) is 4.09. The second-order valence-corrected chi connectivity index (χ2v) is 4.47. The topological polar surface area (TPSA) is 80.7 Å². The van der Waals surface area contributed by atoms with E-state index in [-0.39, 0.29) is 5.75 Å². The van der Waals surface area contributed by atoms with E-state index in [2.05, 4.69) is 0 Å². The third-order valence-electron chi connectivity index (χ3n) is 1.52. The summed E-state index contributed by atoms with van der Waals surface area (Å²) in [5.41, 5.74) is 0.882. The zero-order valence-electron chi connectivity index (χ0n) is 8.00. The average Bonchev–Trinajstić information content (AvgIpc) is 1.99. The van der Waals surface area contributed by atoms with Gasteiger partial charge in [-0.05, 0) is 24.6 Å². The van der Waals surface area contributed by atoms with Crippen molar-refractivity contribution in [3.8, 4) is 5.75 Å². The Hall–Kier alpha value is -1.40. The van der Waals surface area contributed by atoms with Crippen molar-refractivity contribution in [2.24, 2.45) is 0 Å². The fourth-order valence-electron chi connectivity index (χ4n) is 0.989. The Morgan fingerprint density at radius 3 is 2.67 bits per heavy atom. The lowest BCUT2D eigenvalue weighted by Crippen LogP contribution is -2.20. The maximum Gasteiger partial charge on any atom is 0.329 e. The molecule has 0 heterocycles. The maximum absolute atomic E-state index is 11.0. The van der Waals surface area contributed by atoms with Crippen LogP contribution in [0, 0.1) is 6.92 Å². The molecule has 0 saturated heterocycles. The third kappa shape index (κ3) is 4.57. The molecular weight excluding hydrogens is 220 g/mol. The predicted molar refractivity (Wildman–Crippen MR) is 53.2 cm³/mol. The number of hydrogen-bond donors (Lipinski definition) is 1. The van der Waals surface area contributed by atoms with Crippen LogP contribution in [0.5, 0.6) is 5.75 Å². The fourth-order valence-corrected chi connectivity index (χ4v) is 1.35. The zero-order chi connectivity index (χ0) is 11.5. The first-order valence-corrected chi connectivity index (χ1v) is 5.70. The lowest BCUT2D eigenvalue weighted by molar-refractivity contribution is -0.131. The van der Waals surface area contributed by atoms with Gasteiger partial charge in [-0.1, -0.05) is 12.1 Å². The molecule has 0 aliphatic rings. The SMILES string of the molecule is Cc1cccc(OC(=O)CS(=O)(=O)O)c1. The maximum atomic E-state index is 11.0. The molecule has 0 amide bonds. The van der Waals surface area contributed by atoms with Crippen molar-refractivity contribution in [2.45, 2.75) is 6.92 Å². The van der Waals surface area contributed by atoms with Gasteiger partial charge in [0.25, 0.3) is 10.1 Å². The van der Waals surface area contributed by atoms with Gasteiger partial charge in [-0.25, -0.2) is 0 Å². The monoisotopic (exact) mass is 230 g/mol. The molecule has 0 fully saturated rings. The molecule has 0 saturated carbocycles. The van der Waals surface area contributed by atoms with Gasteiger partial charge in [0.05, 0.1) is 0 Å². The molecule has 0 bridgehead atoms. The number of aryl methyl sites for hydroxylation is 1. The normalized spacial score (nSPS) is 11.1. The third-order valence-corrected chi connectivity index (χ3v) is 2.12. The Morgan fingerprint density at radius 1 is 1.47 bits per heavy atom. The predicted octanol–water partition coefficient (Wildman–Crippen LogP) is 0.788. The van der Waals surface area contributed by atoms with Gasteiger partial charge in [0, 0.05) is 0 Å². The van der Waals surface area contributed by atoms with E-state index in [9.17, 15) is 13.2 Å². The summed E-state index contributed by atoms with van der Waals surface area (Å²) in [6.45, 7) is 1.81. The molecule has 0 aliphatic carbocycles. The van der Waals surface area contributed by atoms with Gasteiger partial charge in [0.1, 0.15) is 5.75 Å². The van der Waals surface area contributed by atoms with Crippen LogP contribution in [0.2, 0.25) is 0 Å². The summed E-state index contributed by atoms with van der Waals surface area (Å²) in [5.74, 6) is -1.80. The lowest BCUT2D eigenvalue weighted by atomic mass is 10.2. The number of ether oxygens (including phenoxy) is 1. The van der Waals surface area contributed by atoms with Crippen LogP contribution in [0.3, 0.4) is 0 Å². The highest BCUT2D eigenvalue weighted by atomic mass is 32.2. The molecule has 1 N–H and O–H groups in total. The Bertz CT molecular complexity index is 463. The highest BCUT2D eigenvalue weighted by Gasteiger charge is 2.14. The van der Waals surface area contributed by atoms with Crippen molar-refractivity contribution in [1.29, 1.82) is 0 Å². The molecule has 0 aromatic heterocycles. The number of hydrogen-bond acceptors (Lipinski definition) is 4. The van der Waals surface area contributed by atoms with Crippen molar-refractivity contribution in [3.63, 3.8) is 0 Å². The summed E-state index contributed by atoms with van der Waals surface area (Å²) >= 11 is 0. The number of carbonyl (C=O) groups excluding carboxylic acids is 1. The smallest absolute Gasteiger partial charge is 0.329 e. The Kier molecular flexibility index (Phi) is 3.43. The van der Waals surface area contributed by atoms with E-state index < -0.39 is 21.8 Å². The summed E-state index contributed by atoms with van der Waals surface area (Å²) in [7, 11) is -4.33. The Morgan fingerprint density at radius 2 is 2.13 bits per heavy atom. The van der Waals surface area contributed by atoms with Gasteiger partial charge >= 0.3 is 5.97 Å². The highest BCUT2D eigenvalue weighted by Crippen LogP contribution is 2.12. The first kappa shape index (κ1) is 11.7. The Labute approximate surface area is 87.4 Å². The van der Waals surface area contributed by atoms with Crippen LogP contribution in [0.25, 0.3) is 0 Å². The lowest BCUT2D eigenvalue weighted by Gasteiger charge is -2.03. The van der Waals surface area contributed by atoms with Crippen molar-refractivity contribution >= 4 is 16.1 Å². The Balaban J connectivity index is 2.67. The van der Waals surface area contributed by atoms with E-state index in [1.54, 1.807) is 25.1 Å². The minimum atomic E-state index is -4.33. The van der Waals surface area contributed by atoms with Gasteiger partial charge in [-0.2, -0.15) is 8.42 Å². The molecule has 6 heteroatoms. The summed E-state index contributed by atoms with van der Waals surface area (Å²) in [5, 5.41) is 0.